The van der Waals surface area contributed by atoms with Crippen LogP contribution in [0.3, 0.4) is 0 Å². The Morgan fingerprint density at radius 2 is 1.96 bits per heavy atom. The Bertz CT molecular complexity index is 1890. The van der Waals surface area contributed by atoms with Crippen LogP contribution in [0.25, 0.3) is 22.0 Å². The summed E-state index contributed by atoms with van der Waals surface area (Å²) in [5, 5.41) is 13.3. The molecule has 3 heterocycles. The van der Waals surface area contributed by atoms with Gasteiger partial charge in [-0.2, -0.15) is 13.2 Å². The number of aromatic nitrogens is 2. The van der Waals surface area contributed by atoms with Gasteiger partial charge in [0.15, 0.2) is 0 Å². The molecule has 14 heteroatoms. The maximum atomic E-state index is 15.4. The zero-order valence-electron chi connectivity index (χ0n) is 24.9. The van der Waals surface area contributed by atoms with Gasteiger partial charge in [-0.25, -0.2) is 9.18 Å². The van der Waals surface area contributed by atoms with Crippen LogP contribution < -0.4 is 15.8 Å². The van der Waals surface area contributed by atoms with Gasteiger partial charge in [0.2, 0.25) is 0 Å². The van der Waals surface area contributed by atoms with Gasteiger partial charge < -0.3 is 24.6 Å². The second kappa shape index (κ2) is 12.7. The predicted octanol–water partition coefficient (Wildman–Crippen LogP) is 5.20. The first-order valence-corrected chi connectivity index (χ1v) is 14.5. The molecule has 2 aromatic carbocycles. The number of fused-ring (bicyclic) bond motifs is 1. The van der Waals surface area contributed by atoms with Crippen molar-refractivity contribution >= 4 is 40.1 Å². The Kier molecular flexibility index (Phi) is 9.09. The summed E-state index contributed by atoms with van der Waals surface area (Å²) < 4.78 is 62.5. The molecule has 1 aliphatic rings. The van der Waals surface area contributed by atoms with Gasteiger partial charge in [-0.1, -0.05) is 29.8 Å². The van der Waals surface area contributed by atoms with E-state index in [2.05, 4.69) is 10.3 Å². The van der Waals surface area contributed by atoms with Crippen LogP contribution in [0.2, 0.25) is 5.02 Å². The number of hydrogen-bond acceptors (Lipinski definition) is 6. The number of alkyl halides is 3. The molecule has 0 unspecified atom stereocenters. The van der Waals surface area contributed by atoms with Gasteiger partial charge in [-0.05, 0) is 48.7 Å². The number of amides is 1. The first kappa shape index (κ1) is 32.9. The number of aryl methyl sites for hydroxylation is 2. The van der Waals surface area contributed by atoms with Crippen molar-refractivity contribution in [2.24, 2.45) is 7.05 Å². The summed E-state index contributed by atoms with van der Waals surface area (Å²) in [7, 11) is 1.57. The van der Waals surface area contributed by atoms with Gasteiger partial charge in [-0.3, -0.25) is 14.6 Å². The average molecular weight is 661 g/mol. The van der Waals surface area contributed by atoms with Crippen LogP contribution in [-0.2, 0) is 23.0 Å². The van der Waals surface area contributed by atoms with Crippen LogP contribution in [0.1, 0.15) is 27.0 Å². The summed E-state index contributed by atoms with van der Waals surface area (Å²) in [6, 6.07) is 5.20. The average Bonchev–Trinajstić information content (AvgIpc) is 2.99. The number of carboxylic acid groups (broad SMARTS) is 1. The molecule has 1 saturated heterocycles. The number of nitrogens with zero attached hydrogens (tertiary/aromatic N) is 3. The van der Waals surface area contributed by atoms with Crippen LogP contribution in [0.15, 0.2) is 53.6 Å². The molecule has 0 radical (unpaired) electrons. The fourth-order valence-electron chi connectivity index (χ4n) is 5.72. The van der Waals surface area contributed by atoms with Crippen molar-refractivity contribution < 1.29 is 37.0 Å². The van der Waals surface area contributed by atoms with Gasteiger partial charge in [0.25, 0.3) is 11.5 Å². The second-order valence-electron chi connectivity index (χ2n) is 11.1. The third-order valence-corrected chi connectivity index (χ3v) is 8.45. The quantitative estimate of drug-likeness (QED) is 0.262. The number of halogens is 5. The lowest BCUT2D eigenvalue weighted by Crippen LogP contribution is -2.53. The van der Waals surface area contributed by atoms with Crippen molar-refractivity contribution in [3.63, 3.8) is 0 Å². The minimum atomic E-state index is -4.63. The molecule has 0 saturated carbocycles. The monoisotopic (exact) mass is 660 g/mol. The van der Waals surface area contributed by atoms with E-state index in [9.17, 15) is 32.7 Å². The van der Waals surface area contributed by atoms with Crippen LogP contribution in [0, 0.1) is 19.7 Å². The van der Waals surface area contributed by atoms with E-state index in [4.69, 9.17) is 16.3 Å². The van der Waals surface area contributed by atoms with E-state index in [1.165, 1.54) is 30.0 Å². The van der Waals surface area contributed by atoms with Crippen molar-refractivity contribution in [1.29, 1.82) is 0 Å². The molecule has 9 nitrogen and oxygen atoms in total. The highest BCUT2D eigenvalue weighted by molar-refractivity contribution is 6.31. The molecule has 1 amide bonds. The number of carbonyl (C=O) groups is 2. The van der Waals surface area contributed by atoms with E-state index < -0.39 is 48.1 Å². The van der Waals surface area contributed by atoms with Crippen LogP contribution >= 0.6 is 11.6 Å². The van der Waals surface area contributed by atoms with Gasteiger partial charge >= 0.3 is 12.1 Å². The summed E-state index contributed by atoms with van der Waals surface area (Å²) in [4.78, 5) is 44.1. The molecular formula is C32H29ClF4N4O5. The van der Waals surface area contributed by atoms with Crippen molar-refractivity contribution in [2.75, 3.05) is 24.7 Å². The smallest absolute Gasteiger partial charge is 0.411 e. The molecular weight excluding hydrogens is 632 g/mol. The summed E-state index contributed by atoms with van der Waals surface area (Å²) in [5.41, 5.74) is 1.43. The molecule has 2 atom stereocenters. The molecule has 0 aliphatic carbocycles. The lowest BCUT2D eigenvalue weighted by molar-refractivity contribution is -0.167. The zero-order chi connectivity index (χ0) is 33.5. The number of benzene rings is 2. The molecule has 1 fully saturated rings. The minimum Gasteiger partial charge on any atom is -0.480 e. The van der Waals surface area contributed by atoms with E-state index in [0.717, 1.165) is 11.0 Å². The van der Waals surface area contributed by atoms with Gasteiger partial charge in [0.05, 0.1) is 34.9 Å². The molecule has 2 N–H and O–H groups in total. The predicted molar refractivity (Wildman–Crippen MR) is 164 cm³/mol. The van der Waals surface area contributed by atoms with Crippen LogP contribution in [0.5, 0.6) is 0 Å². The van der Waals surface area contributed by atoms with Crippen LogP contribution in [0.4, 0.5) is 23.2 Å². The molecule has 0 spiro atoms. The number of pyridine rings is 2. The Morgan fingerprint density at radius 3 is 2.63 bits per heavy atom. The van der Waals surface area contributed by atoms with E-state index in [1.54, 1.807) is 38.2 Å². The highest BCUT2D eigenvalue weighted by Crippen LogP contribution is 2.34. The fraction of sp³-hybridized carbons (Fsp3) is 0.312. The van der Waals surface area contributed by atoms with Gasteiger partial charge in [0, 0.05) is 49.0 Å². The highest BCUT2D eigenvalue weighted by atomic mass is 35.5. The third kappa shape index (κ3) is 6.29. The summed E-state index contributed by atoms with van der Waals surface area (Å²) >= 11 is 6.36. The normalized spacial score (nSPS) is 16.0. The van der Waals surface area contributed by atoms with Crippen molar-refractivity contribution in [1.82, 2.24) is 14.9 Å². The maximum Gasteiger partial charge on any atom is 0.411 e. The number of carbonyl (C=O) groups excluding carboxylic acids is 1. The molecule has 4 aromatic rings. The summed E-state index contributed by atoms with van der Waals surface area (Å²) in [6.45, 7) is 2.33. The second-order valence-corrected chi connectivity index (χ2v) is 11.5. The maximum absolute atomic E-state index is 15.4. The SMILES string of the molecule is Cc1cc(N2CCOC[C@@H]2C(F)(F)F)cc(F)c1C(=O)N[C@@H](Cc1ccc(-c2c(C)c(Cl)cn(C)c2=O)c2ncccc12)C(=O)O. The van der Waals surface area contributed by atoms with E-state index in [0.29, 0.717) is 38.2 Å². The topological polar surface area (TPSA) is 114 Å². The zero-order valence-corrected chi connectivity index (χ0v) is 25.7. The standard InChI is InChI=1S/C32H29ClF4N4O5/c1-16-11-19(41-9-10-46-15-25(41)32(35,36)37)13-23(34)26(16)29(42)39-24(31(44)45)12-18-6-7-21(28-20(18)5-4-8-38-28)27-17(2)22(33)14-40(3)30(27)43/h4-8,11,13-14,24-25H,9-10,12,15H2,1-3H3,(H,39,42)(H,44,45)/t24-,25+/m0/s1. The van der Waals surface area contributed by atoms with Crippen molar-refractivity contribution in [2.45, 2.75) is 38.5 Å². The number of morpholine rings is 1. The van der Waals surface area contributed by atoms with Crippen molar-refractivity contribution in [3.05, 3.63) is 92.2 Å². The Hall–Kier alpha value is -4.49. The van der Waals surface area contributed by atoms with E-state index in [1.807, 2.05) is 0 Å². The Balaban J connectivity index is 1.45. The Labute approximate surface area is 265 Å². The van der Waals surface area contributed by atoms with Gasteiger partial charge in [-0.15, -0.1) is 0 Å². The molecule has 0 bridgehead atoms. The minimum absolute atomic E-state index is 0.0102. The fourth-order valence-corrected chi connectivity index (χ4v) is 5.96. The number of hydrogen-bond donors (Lipinski definition) is 2. The van der Waals surface area contributed by atoms with E-state index in [-0.39, 0.29) is 36.4 Å². The van der Waals surface area contributed by atoms with Crippen molar-refractivity contribution in [3.8, 4) is 11.1 Å². The first-order chi connectivity index (χ1) is 21.7. The molecule has 46 heavy (non-hydrogen) atoms. The molecule has 5 rings (SSSR count). The number of rotatable bonds is 7. The molecule has 242 valence electrons. The number of nitrogens with one attached hydrogen (secondary N) is 1. The van der Waals surface area contributed by atoms with E-state index >= 15 is 4.39 Å². The molecule has 1 aliphatic heterocycles. The first-order valence-electron chi connectivity index (χ1n) is 14.2. The number of anilines is 1. The number of carboxylic acids is 1. The highest BCUT2D eigenvalue weighted by Gasteiger charge is 2.45. The summed E-state index contributed by atoms with van der Waals surface area (Å²) in [6.07, 6.45) is -1.82. The van der Waals surface area contributed by atoms with Gasteiger partial charge in [0.1, 0.15) is 17.9 Å². The number of ether oxygens (including phenoxy) is 1. The Morgan fingerprint density at radius 1 is 1.22 bits per heavy atom. The molecule has 2 aromatic heterocycles. The third-order valence-electron chi connectivity index (χ3n) is 8.07. The summed E-state index contributed by atoms with van der Waals surface area (Å²) in [5.74, 6) is -3.54. The van der Waals surface area contributed by atoms with Crippen LogP contribution in [-0.4, -0.2) is 64.6 Å². The lowest BCUT2D eigenvalue weighted by atomic mass is 9.94. The largest absolute Gasteiger partial charge is 0.480 e. The number of aliphatic carboxylic acids is 1. The lowest BCUT2D eigenvalue weighted by Gasteiger charge is -2.38.